The maximum absolute atomic E-state index is 11.5. The first-order chi connectivity index (χ1) is 15.6. The number of aromatic amines is 1. The van der Waals surface area contributed by atoms with E-state index >= 15 is 0 Å². The second-order valence-electron chi connectivity index (χ2n) is 7.34. The summed E-state index contributed by atoms with van der Waals surface area (Å²) in [4.78, 5) is 20.0. The van der Waals surface area contributed by atoms with E-state index in [0.717, 1.165) is 50.1 Å². The van der Waals surface area contributed by atoms with Crippen LogP contribution in [-0.2, 0) is 12.8 Å². The summed E-state index contributed by atoms with van der Waals surface area (Å²) < 4.78 is 11.9. The quantitative estimate of drug-likeness (QED) is 0.333. The standard InChI is InChI=1S/C24H20N2O4S2/c1-14-18(25-23(30-14)15-5-3-2-4-6-15)9-11-29-19-10-12-31-21-16(7-8-17(19)21)13-20-22(27)26-24(28)32-20/h2-8,10,12,27H,9,11,13H2,1H3,(H,26,28). The third-order valence-corrected chi connectivity index (χ3v) is 7.08. The zero-order valence-corrected chi connectivity index (χ0v) is 18.9. The summed E-state index contributed by atoms with van der Waals surface area (Å²) >= 11 is 2.65. The van der Waals surface area contributed by atoms with Crippen LogP contribution in [0, 0.1) is 6.92 Å². The highest BCUT2D eigenvalue weighted by Gasteiger charge is 2.18. The van der Waals surface area contributed by atoms with Crippen molar-refractivity contribution in [3.8, 4) is 33.5 Å². The molecular formula is C24H20N2O4S2. The number of nitrogens with zero attached hydrogens (tertiary/aromatic N) is 1. The second kappa shape index (κ2) is 8.64. The molecule has 1 aliphatic carbocycles. The normalized spacial score (nSPS) is 11.3. The summed E-state index contributed by atoms with van der Waals surface area (Å²) in [5.74, 6) is 2.18. The molecule has 1 aliphatic heterocycles. The van der Waals surface area contributed by atoms with Crippen LogP contribution in [-0.4, -0.2) is 21.7 Å². The van der Waals surface area contributed by atoms with E-state index in [-0.39, 0.29) is 10.8 Å². The molecule has 0 fully saturated rings. The Balaban J connectivity index is 1.27. The number of oxazole rings is 1. The Morgan fingerprint density at radius 3 is 2.78 bits per heavy atom. The van der Waals surface area contributed by atoms with Crippen molar-refractivity contribution in [2.24, 2.45) is 0 Å². The van der Waals surface area contributed by atoms with Gasteiger partial charge in [0, 0.05) is 28.8 Å². The highest BCUT2D eigenvalue weighted by atomic mass is 32.1. The molecule has 0 saturated heterocycles. The van der Waals surface area contributed by atoms with Gasteiger partial charge in [0.05, 0.1) is 17.2 Å². The molecule has 32 heavy (non-hydrogen) atoms. The lowest BCUT2D eigenvalue weighted by Gasteiger charge is -2.10. The van der Waals surface area contributed by atoms with E-state index in [4.69, 9.17) is 9.15 Å². The maximum atomic E-state index is 11.5. The number of aromatic nitrogens is 2. The van der Waals surface area contributed by atoms with Crippen LogP contribution in [0.25, 0.3) is 21.9 Å². The lowest BCUT2D eigenvalue weighted by molar-refractivity contribution is 0.321. The predicted octanol–water partition coefficient (Wildman–Crippen LogP) is 5.48. The summed E-state index contributed by atoms with van der Waals surface area (Å²) in [6.45, 7) is 2.40. The van der Waals surface area contributed by atoms with Gasteiger partial charge >= 0.3 is 4.87 Å². The number of thiazole rings is 1. The van der Waals surface area contributed by atoms with Crippen molar-refractivity contribution in [3.05, 3.63) is 85.5 Å². The van der Waals surface area contributed by atoms with Crippen molar-refractivity contribution < 1.29 is 14.3 Å². The summed E-state index contributed by atoms with van der Waals surface area (Å²) in [5.41, 5.74) is 3.93. The summed E-state index contributed by atoms with van der Waals surface area (Å²) in [7, 11) is 0. The minimum atomic E-state index is -0.250. The Morgan fingerprint density at radius 1 is 1.16 bits per heavy atom. The number of H-pyrrole nitrogens is 1. The Hall–Kier alpha value is -3.36. The van der Waals surface area contributed by atoms with E-state index < -0.39 is 0 Å². The molecule has 1 aromatic carbocycles. The zero-order chi connectivity index (χ0) is 22.1. The molecule has 0 saturated carbocycles. The lowest BCUT2D eigenvalue weighted by atomic mass is 10.1. The molecule has 3 aromatic rings. The third-order valence-electron chi connectivity index (χ3n) is 5.22. The number of aromatic hydroxyl groups is 1. The van der Waals surface area contributed by atoms with Gasteiger partial charge in [-0.1, -0.05) is 35.6 Å². The van der Waals surface area contributed by atoms with Crippen LogP contribution < -0.4 is 9.61 Å². The fourth-order valence-electron chi connectivity index (χ4n) is 3.63. The minimum Gasteiger partial charge on any atom is -0.494 e. The van der Waals surface area contributed by atoms with Crippen molar-refractivity contribution in [2.45, 2.75) is 19.8 Å². The first kappa shape index (κ1) is 20.5. The zero-order valence-electron chi connectivity index (χ0n) is 17.3. The fraction of sp³-hybridized carbons (Fsp3) is 0.167. The molecule has 6 nitrogen and oxygen atoms in total. The van der Waals surface area contributed by atoms with Crippen LogP contribution in [0.15, 0.2) is 63.1 Å². The number of nitrogens with one attached hydrogen (secondary N) is 1. The van der Waals surface area contributed by atoms with Crippen molar-refractivity contribution in [1.29, 1.82) is 0 Å². The molecule has 0 bridgehead atoms. The van der Waals surface area contributed by atoms with E-state index in [0.29, 0.717) is 30.2 Å². The van der Waals surface area contributed by atoms with Gasteiger partial charge in [0.15, 0.2) is 0 Å². The Labute approximate surface area is 192 Å². The molecule has 2 aromatic heterocycles. The van der Waals surface area contributed by atoms with Gasteiger partial charge in [-0.2, -0.15) is 0 Å². The molecule has 0 radical (unpaired) electrons. The second-order valence-corrected chi connectivity index (χ2v) is 9.32. The molecule has 0 atom stereocenters. The van der Waals surface area contributed by atoms with Crippen molar-refractivity contribution in [1.82, 2.24) is 9.97 Å². The van der Waals surface area contributed by atoms with Crippen LogP contribution in [0.4, 0.5) is 0 Å². The monoisotopic (exact) mass is 464 g/mol. The van der Waals surface area contributed by atoms with Crippen LogP contribution in [0.5, 0.6) is 11.6 Å². The van der Waals surface area contributed by atoms with E-state index in [1.165, 1.54) is 0 Å². The molecule has 8 heteroatoms. The van der Waals surface area contributed by atoms with Gasteiger partial charge in [-0.15, -0.1) is 11.3 Å². The van der Waals surface area contributed by atoms with E-state index in [2.05, 4.69) is 9.97 Å². The van der Waals surface area contributed by atoms with Crippen LogP contribution in [0.2, 0.25) is 0 Å². The number of aryl methyl sites for hydroxylation is 1. The predicted molar refractivity (Wildman–Crippen MR) is 126 cm³/mol. The Morgan fingerprint density at radius 2 is 2.00 bits per heavy atom. The maximum Gasteiger partial charge on any atom is 0.307 e. The third kappa shape index (κ3) is 4.06. The summed E-state index contributed by atoms with van der Waals surface area (Å²) in [6, 6.07) is 15.9. The number of hydrogen-bond acceptors (Lipinski definition) is 7. The van der Waals surface area contributed by atoms with Crippen LogP contribution >= 0.6 is 22.7 Å². The van der Waals surface area contributed by atoms with Crippen molar-refractivity contribution in [3.63, 3.8) is 0 Å². The van der Waals surface area contributed by atoms with Gasteiger partial charge in [-0.05, 0) is 42.1 Å². The minimum absolute atomic E-state index is 0.0513. The SMILES string of the molecule is Cc1oc(-c2ccccc2)nc1CCOc1ccsc2c(Cc3sc(=O)[nH]c3O)ccc1-2. The van der Waals surface area contributed by atoms with Gasteiger partial charge < -0.3 is 14.3 Å². The van der Waals surface area contributed by atoms with E-state index in [1.54, 1.807) is 11.3 Å². The summed E-state index contributed by atoms with van der Waals surface area (Å²) in [5, 5.41) is 11.9. The van der Waals surface area contributed by atoms with Gasteiger partial charge in [0.2, 0.25) is 11.8 Å². The lowest BCUT2D eigenvalue weighted by Crippen LogP contribution is -2.03. The molecule has 162 valence electrons. The number of hydrogen-bond donors (Lipinski definition) is 2. The number of ether oxygens (including phenoxy) is 1. The largest absolute Gasteiger partial charge is 0.494 e. The van der Waals surface area contributed by atoms with E-state index in [1.807, 2.05) is 60.8 Å². The molecule has 5 rings (SSSR count). The average Bonchev–Trinajstić information content (AvgIpc) is 3.47. The summed E-state index contributed by atoms with van der Waals surface area (Å²) in [6.07, 6.45) is 1.14. The van der Waals surface area contributed by atoms with Crippen LogP contribution in [0.3, 0.4) is 0 Å². The number of rotatable bonds is 7. The highest BCUT2D eigenvalue weighted by molar-refractivity contribution is 7.13. The van der Waals surface area contributed by atoms with Gasteiger partial charge in [0.25, 0.3) is 0 Å². The van der Waals surface area contributed by atoms with Gasteiger partial charge in [0.1, 0.15) is 11.5 Å². The first-order valence-corrected chi connectivity index (χ1v) is 11.8. The van der Waals surface area contributed by atoms with Gasteiger partial charge in [-0.3, -0.25) is 9.78 Å². The van der Waals surface area contributed by atoms with Gasteiger partial charge in [-0.25, -0.2) is 4.98 Å². The molecule has 0 spiro atoms. The smallest absolute Gasteiger partial charge is 0.307 e. The molecule has 0 unspecified atom stereocenters. The average molecular weight is 465 g/mol. The van der Waals surface area contributed by atoms with Crippen LogP contribution in [0.1, 0.15) is 21.9 Å². The number of benzene rings is 1. The molecule has 2 N–H and O–H groups in total. The first-order valence-electron chi connectivity index (χ1n) is 10.1. The van der Waals surface area contributed by atoms with Crippen molar-refractivity contribution in [2.75, 3.05) is 6.61 Å². The Kier molecular flexibility index (Phi) is 5.55. The fourth-order valence-corrected chi connectivity index (χ4v) is 5.29. The van der Waals surface area contributed by atoms with E-state index in [9.17, 15) is 9.90 Å². The Bertz CT molecular complexity index is 1380. The molecule has 2 aliphatic rings. The molecular weight excluding hydrogens is 444 g/mol. The topological polar surface area (TPSA) is 88.4 Å². The van der Waals surface area contributed by atoms with Crippen molar-refractivity contribution >= 4 is 22.7 Å². The number of fused-ring (bicyclic) bond motifs is 1. The molecule has 0 amide bonds. The highest BCUT2D eigenvalue weighted by Crippen LogP contribution is 2.40. The molecule has 3 heterocycles.